The Kier molecular flexibility index (Phi) is 3.88. The number of ether oxygens (including phenoxy) is 2. The Hall–Kier alpha value is -2.67. The highest BCUT2D eigenvalue weighted by Crippen LogP contribution is 2.20. The number of aromatic nitrogens is 1. The number of rotatable bonds is 4. The zero-order valence-corrected chi connectivity index (χ0v) is 12.4. The summed E-state index contributed by atoms with van der Waals surface area (Å²) < 4.78 is 15.8. The van der Waals surface area contributed by atoms with Gasteiger partial charge in [0.15, 0.2) is 12.4 Å². The average molecular weight is 317 g/mol. The Morgan fingerprint density at radius 1 is 1.27 bits per heavy atom. The van der Waals surface area contributed by atoms with E-state index in [1.165, 1.54) is 30.8 Å². The highest BCUT2D eigenvalue weighted by molar-refractivity contribution is 7.16. The van der Waals surface area contributed by atoms with Crippen molar-refractivity contribution in [2.24, 2.45) is 0 Å². The zero-order valence-electron chi connectivity index (χ0n) is 11.6. The molecule has 22 heavy (non-hydrogen) atoms. The van der Waals surface area contributed by atoms with E-state index in [1.54, 1.807) is 23.7 Å². The SMILES string of the molecule is COC(=O)c1ccoc1COC(=O)c1ccc2ncsc2c1. The number of hydrogen-bond donors (Lipinski definition) is 0. The van der Waals surface area contributed by atoms with Gasteiger partial charge in [-0.3, -0.25) is 0 Å². The summed E-state index contributed by atoms with van der Waals surface area (Å²) >= 11 is 1.45. The first-order valence-corrected chi connectivity index (χ1v) is 7.22. The number of methoxy groups -OCH3 is 1. The molecule has 0 radical (unpaired) electrons. The van der Waals surface area contributed by atoms with Crippen LogP contribution in [-0.4, -0.2) is 24.0 Å². The van der Waals surface area contributed by atoms with Gasteiger partial charge in [-0.1, -0.05) is 0 Å². The molecule has 2 heterocycles. The number of thiazole rings is 1. The fourth-order valence-electron chi connectivity index (χ4n) is 1.94. The minimum atomic E-state index is -0.536. The predicted octanol–water partition coefficient (Wildman–Crippen LogP) is 3.03. The second-order valence-corrected chi connectivity index (χ2v) is 5.25. The smallest absolute Gasteiger partial charge is 0.341 e. The number of furan rings is 1. The third kappa shape index (κ3) is 2.71. The molecule has 7 heteroatoms. The van der Waals surface area contributed by atoms with Gasteiger partial charge in [0.1, 0.15) is 5.56 Å². The molecule has 1 aromatic carbocycles. The van der Waals surface area contributed by atoms with E-state index in [0.717, 1.165) is 10.2 Å². The summed E-state index contributed by atoms with van der Waals surface area (Å²) in [6.45, 7) is -0.142. The van der Waals surface area contributed by atoms with E-state index in [2.05, 4.69) is 9.72 Å². The van der Waals surface area contributed by atoms with E-state index in [1.807, 2.05) is 0 Å². The molecule has 0 aliphatic carbocycles. The maximum absolute atomic E-state index is 12.1. The topological polar surface area (TPSA) is 78.6 Å². The number of esters is 2. The van der Waals surface area contributed by atoms with E-state index in [-0.39, 0.29) is 17.9 Å². The molecule has 0 aliphatic rings. The minimum Gasteiger partial charge on any atom is -0.465 e. The summed E-state index contributed by atoms with van der Waals surface area (Å²) in [4.78, 5) is 27.7. The van der Waals surface area contributed by atoms with Gasteiger partial charge in [-0.15, -0.1) is 11.3 Å². The molecule has 0 N–H and O–H groups in total. The van der Waals surface area contributed by atoms with E-state index < -0.39 is 11.9 Å². The fraction of sp³-hybridized carbons (Fsp3) is 0.133. The van der Waals surface area contributed by atoms with Crippen molar-refractivity contribution < 1.29 is 23.5 Å². The summed E-state index contributed by atoms with van der Waals surface area (Å²) in [6.07, 6.45) is 1.35. The third-order valence-corrected chi connectivity index (χ3v) is 3.84. The summed E-state index contributed by atoms with van der Waals surface area (Å²) in [5.74, 6) is -0.785. The van der Waals surface area contributed by atoms with Crippen molar-refractivity contribution in [3.8, 4) is 0 Å². The van der Waals surface area contributed by atoms with Crippen molar-refractivity contribution in [3.63, 3.8) is 0 Å². The van der Waals surface area contributed by atoms with E-state index >= 15 is 0 Å². The lowest BCUT2D eigenvalue weighted by Gasteiger charge is -2.04. The van der Waals surface area contributed by atoms with E-state index in [9.17, 15) is 9.59 Å². The molecule has 0 spiro atoms. The van der Waals surface area contributed by atoms with Crippen LogP contribution in [0.25, 0.3) is 10.2 Å². The quantitative estimate of drug-likeness (QED) is 0.688. The monoisotopic (exact) mass is 317 g/mol. The fourth-order valence-corrected chi connectivity index (χ4v) is 2.66. The Balaban J connectivity index is 1.72. The maximum Gasteiger partial charge on any atom is 0.341 e. The van der Waals surface area contributed by atoms with Gasteiger partial charge in [-0.05, 0) is 24.3 Å². The number of hydrogen-bond acceptors (Lipinski definition) is 7. The summed E-state index contributed by atoms with van der Waals surface area (Å²) in [6, 6.07) is 6.60. The highest BCUT2D eigenvalue weighted by Gasteiger charge is 2.17. The lowest BCUT2D eigenvalue weighted by atomic mass is 10.2. The molecule has 6 nitrogen and oxygen atoms in total. The first kappa shape index (κ1) is 14.3. The first-order chi connectivity index (χ1) is 10.7. The molecule has 0 unspecified atom stereocenters. The first-order valence-electron chi connectivity index (χ1n) is 6.34. The summed E-state index contributed by atoms with van der Waals surface area (Å²) in [7, 11) is 1.27. The number of fused-ring (bicyclic) bond motifs is 1. The Morgan fingerprint density at radius 2 is 2.14 bits per heavy atom. The number of benzene rings is 1. The van der Waals surface area contributed by atoms with E-state index in [4.69, 9.17) is 9.15 Å². The van der Waals surface area contributed by atoms with Crippen LogP contribution in [0.15, 0.2) is 40.5 Å². The standard InChI is InChI=1S/C15H11NO5S/c1-19-15(18)10-4-5-20-12(10)7-21-14(17)9-2-3-11-13(6-9)22-8-16-11/h2-6,8H,7H2,1H3. The molecule has 0 atom stereocenters. The van der Waals surface area contributed by atoms with Gasteiger partial charge < -0.3 is 13.9 Å². The second-order valence-electron chi connectivity index (χ2n) is 4.36. The van der Waals surface area contributed by atoms with Crippen LogP contribution in [0.1, 0.15) is 26.5 Å². The van der Waals surface area contributed by atoms with Crippen molar-refractivity contribution >= 4 is 33.5 Å². The van der Waals surface area contributed by atoms with Crippen molar-refractivity contribution in [1.82, 2.24) is 4.98 Å². The molecule has 3 rings (SSSR count). The van der Waals surface area contributed by atoms with Crippen LogP contribution in [0.3, 0.4) is 0 Å². The Bertz CT molecular complexity index is 835. The molecular formula is C15H11NO5S. The van der Waals surface area contributed by atoms with E-state index in [0.29, 0.717) is 5.56 Å². The van der Waals surface area contributed by atoms with Crippen LogP contribution in [-0.2, 0) is 16.1 Å². The summed E-state index contributed by atoms with van der Waals surface area (Å²) in [5, 5.41) is 0. The molecule has 0 saturated heterocycles. The average Bonchev–Trinajstić information content (AvgIpc) is 3.19. The molecular weight excluding hydrogens is 306 g/mol. The van der Waals surface area contributed by atoms with Crippen molar-refractivity contribution in [2.45, 2.75) is 6.61 Å². The zero-order chi connectivity index (χ0) is 15.5. The third-order valence-electron chi connectivity index (χ3n) is 3.05. The molecule has 3 aromatic rings. The predicted molar refractivity (Wildman–Crippen MR) is 78.8 cm³/mol. The van der Waals surface area contributed by atoms with Crippen LogP contribution in [0.5, 0.6) is 0 Å². The number of carbonyl (C=O) groups is 2. The van der Waals surface area contributed by atoms with Crippen LogP contribution < -0.4 is 0 Å². The lowest BCUT2D eigenvalue weighted by Crippen LogP contribution is -2.08. The van der Waals surface area contributed by atoms with Crippen molar-refractivity contribution in [1.29, 1.82) is 0 Å². The van der Waals surface area contributed by atoms with Gasteiger partial charge in [-0.2, -0.15) is 0 Å². The number of nitrogens with zero attached hydrogens (tertiary/aromatic N) is 1. The van der Waals surface area contributed by atoms with Crippen LogP contribution in [0.2, 0.25) is 0 Å². The second kappa shape index (κ2) is 5.98. The Morgan fingerprint density at radius 3 is 2.95 bits per heavy atom. The Labute approximate surface area is 129 Å². The largest absolute Gasteiger partial charge is 0.465 e. The number of carbonyl (C=O) groups excluding carboxylic acids is 2. The van der Waals surface area contributed by atoms with Crippen molar-refractivity contribution in [2.75, 3.05) is 7.11 Å². The molecule has 112 valence electrons. The van der Waals surface area contributed by atoms with Crippen LogP contribution in [0.4, 0.5) is 0 Å². The van der Waals surface area contributed by atoms with Gasteiger partial charge in [0.05, 0.1) is 34.7 Å². The van der Waals surface area contributed by atoms with Gasteiger partial charge in [0, 0.05) is 0 Å². The van der Waals surface area contributed by atoms with Gasteiger partial charge >= 0.3 is 11.9 Å². The van der Waals surface area contributed by atoms with Crippen LogP contribution in [0, 0.1) is 0 Å². The molecule has 2 aromatic heterocycles. The maximum atomic E-state index is 12.1. The van der Waals surface area contributed by atoms with Crippen LogP contribution >= 0.6 is 11.3 Å². The lowest BCUT2D eigenvalue weighted by molar-refractivity contribution is 0.0432. The molecule has 0 aliphatic heterocycles. The molecule has 0 fully saturated rings. The van der Waals surface area contributed by atoms with Gasteiger partial charge in [-0.25, -0.2) is 14.6 Å². The summed E-state index contributed by atoms with van der Waals surface area (Å²) in [5.41, 5.74) is 3.21. The highest BCUT2D eigenvalue weighted by atomic mass is 32.1. The molecule has 0 bridgehead atoms. The van der Waals surface area contributed by atoms with Gasteiger partial charge in [0.25, 0.3) is 0 Å². The molecule has 0 saturated carbocycles. The molecule has 0 amide bonds. The van der Waals surface area contributed by atoms with Gasteiger partial charge in [0.2, 0.25) is 0 Å². The minimum absolute atomic E-state index is 0.142. The normalized spacial score (nSPS) is 10.6. The van der Waals surface area contributed by atoms with Crippen molar-refractivity contribution in [3.05, 3.63) is 52.9 Å².